The predicted molar refractivity (Wildman–Crippen MR) is 69.9 cm³/mol. The zero-order valence-electron chi connectivity index (χ0n) is 11.0. The number of rotatable bonds is 4. The van der Waals surface area contributed by atoms with Crippen molar-refractivity contribution in [1.82, 2.24) is 0 Å². The van der Waals surface area contributed by atoms with Crippen molar-refractivity contribution < 1.29 is 14.7 Å². The molecule has 0 radical (unpaired) electrons. The second-order valence-electron chi connectivity index (χ2n) is 4.52. The van der Waals surface area contributed by atoms with Crippen LogP contribution in [0.2, 0.25) is 0 Å². The molecule has 2 atom stereocenters. The monoisotopic (exact) mass is 249 g/mol. The summed E-state index contributed by atoms with van der Waals surface area (Å²) in [6, 6.07) is 5.84. The van der Waals surface area contributed by atoms with E-state index in [2.05, 4.69) is 5.16 Å². The van der Waals surface area contributed by atoms with Gasteiger partial charge in [-0.15, -0.1) is 0 Å². The molecule has 1 aliphatic rings. The molecule has 1 heterocycles. The highest BCUT2D eigenvalue weighted by Crippen LogP contribution is 2.32. The van der Waals surface area contributed by atoms with Gasteiger partial charge in [-0.25, -0.2) is 0 Å². The van der Waals surface area contributed by atoms with Crippen LogP contribution in [0.15, 0.2) is 23.4 Å². The average Bonchev–Trinajstić information content (AvgIpc) is 2.69. The average molecular weight is 249 g/mol. The number of aliphatic hydroxyl groups is 1. The molecule has 0 saturated carbocycles. The van der Waals surface area contributed by atoms with Gasteiger partial charge in [0.05, 0.1) is 24.8 Å². The van der Waals surface area contributed by atoms with Crippen LogP contribution in [0.25, 0.3) is 0 Å². The zero-order valence-corrected chi connectivity index (χ0v) is 11.0. The fourth-order valence-electron chi connectivity index (χ4n) is 2.34. The molecule has 18 heavy (non-hydrogen) atoms. The van der Waals surface area contributed by atoms with E-state index >= 15 is 0 Å². The van der Waals surface area contributed by atoms with E-state index in [4.69, 9.17) is 9.57 Å². The van der Waals surface area contributed by atoms with E-state index in [1.165, 1.54) is 0 Å². The molecular formula is C14H19NO3. The van der Waals surface area contributed by atoms with Crippen molar-refractivity contribution >= 4 is 5.71 Å². The smallest absolute Gasteiger partial charge is 0.136 e. The van der Waals surface area contributed by atoms with Crippen molar-refractivity contribution in [2.45, 2.75) is 39.4 Å². The quantitative estimate of drug-likeness (QED) is 0.891. The summed E-state index contributed by atoms with van der Waals surface area (Å²) in [5.74, 6) is 0.918. The Hall–Kier alpha value is -1.55. The van der Waals surface area contributed by atoms with Crippen LogP contribution in [0.3, 0.4) is 0 Å². The Balaban J connectivity index is 2.37. The Labute approximate surface area is 107 Å². The largest absolute Gasteiger partial charge is 0.494 e. The van der Waals surface area contributed by atoms with E-state index < -0.39 is 0 Å². The highest BCUT2D eigenvalue weighted by molar-refractivity contribution is 5.90. The summed E-state index contributed by atoms with van der Waals surface area (Å²) < 4.78 is 5.53. The third kappa shape index (κ3) is 2.48. The second kappa shape index (κ2) is 5.40. The van der Waals surface area contributed by atoms with Crippen molar-refractivity contribution in [3.63, 3.8) is 0 Å². The first kappa shape index (κ1) is 12.9. The Kier molecular flexibility index (Phi) is 3.87. The van der Waals surface area contributed by atoms with Crippen molar-refractivity contribution in [3.05, 3.63) is 29.3 Å². The molecule has 1 aliphatic heterocycles. The number of benzene rings is 1. The molecule has 0 bridgehead atoms. The van der Waals surface area contributed by atoms with Gasteiger partial charge in [0.25, 0.3) is 0 Å². The van der Waals surface area contributed by atoms with Gasteiger partial charge in [0, 0.05) is 0 Å². The molecule has 1 N–H and O–H groups in total. The van der Waals surface area contributed by atoms with Gasteiger partial charge < -0.3 is 14.7 Å². The minimum atomic E-state index is 0.00601. The molecule has 0 aromatic heterocycles. The van der Waals surface area contributed by atoms with E-state index in [-0.39, 0.29) is 18.6 Å². The Morgan fingerprint density at radius 2 is 2.17 bits per heavy atom. The third-order valence-corrected chi connectivity index (χ3v) is 3.12. The lowest BCUT2D eigenvalue weighted by Crippen LogP contribution is -2.17. The Morgan fingerprint density at radius 1 is 1.39 bits per heavy atom. The summed E-state index contributed by atoms with van der Waals surface area (Å²) in [5, 5.41) is 13.3. The number of hydrogen-bond acceptors (Lipinski definition) is 4. The molecule has 0 fully saturated rings. The summed E-state index contributed by atoms with van der Waals surface area (Å²) in [4.78, 5) is 5.29. The van der Waals surface area contributed by atoms with E-state index in [0.29, 0.717) is 6.61 Å². The van der Waals surface area contributed by atoms with Crippen molar-refractivity contribution in [2.24, 2.45) is 5.16 Å². The normalized spacial score (nSPS) is 22.6. The first-order valence-electron chi connectivity index (χ1n) is 6.23. The van der Waals surface area contributed by atoms with Gasteiger partial charge in [-0.1, -0.05) is 11.2 Å². The van der Waals surface area contributed by atoms with Crippen LogP contribution < -0.4 is 4.74 Å². The predicted octanol–water partition coefficient (Wildman–Crippen LogP) is 2.46. The highest BCUT2D eigenvalue weighted by atomic mass is 16.6. The molecule has 98 valence electrons. The van der Waals surface area contributed by atoms with Crippen LogP contribution in [-0.4, -0.2) is 23.5 Å². The van der Waals surface area contributed by atoms with Gasteiger partial charge >= 0.3 is 0 Å². The number of aliphatic hydroxyl groups excluding tert-OH is 1. The Bertz CT molecular complexity index is 456. The molecule has 2 unspecified atom stereocenters. The molecule has 1 aromatic rings. The van der Waals surface area contributed by atoms with E-state index in [0.717, 1.165) is 22.6 Å². The molecule has 0 amide bonds. The standard InChI is InChI=1S/C14H19NO3/c1-4-17-13-6-11(8-16)5-12(7-13)14-9(2)15-18-10(14)3/h5-7,10,14,16H,4,8H2,1-3H3. The molecule has 0 saturated heterocycles. The molecule has 1 aromatic carbocycles. The highest BCUT2D eigenvalue weighted by Gasteiger charge is 2.30. The Morgan fingerprint density at radius 3 is 2.72 bits per heavy atom. The van der Waals surface area contributed by atoms with Crippen LogP contribution in [0.5, 0.6) is 5.75 Å². The van der Waals surface area contributed by atoms with Crippen LogP contribution in [-0.2, 0) is 11.4 Å². The number of hydrogen-bond donors (Lipinski definition) is 1. The summed E-state index contributed by atoms with van der Waals surface area (Å²) in [7, 11) is 0. The maximum atomic E-state index is 9.31. The number of ether oxygens (including phenoxy) is 1. The SMILES string of the molecule is CCOc1cc(CO)cc(C2C(C)=NOC2C)c1. The van der Waals surface area contributed by atoms with E-state index in [1.54, 1.807) is 0 Å². The molecule has 2 rings (SSSR count). The first-order chi connectivity index (χ1) is 8.65. The maximum Gasteiger partial charge on any atom is 0.136 e. The van der Waals surface area contributed by atoms with Crippen LogP contribution in [0, 0.1) is 0 Å². The minimum Gasteiger partial charge on any atom is -0.494 e. The van der Waals surface area contributed by atoms with Gasteiger partial charge in [0.2, 0.25) is 0 Å². The van der Waals surface area contributed by atoms with Crippen LogP contribution in [0.1, 0.15) is 37.8 Å². The fourth-order valence-corrected chi connectivity index (χ4v) is 2.34. The zero-order chi connectivity index (χ0) is 13.1. The molecule has 0 aliphatic carbocycles. The molecule has 4 nitrogen and oxygen atoms in total. The van der Waals surface area contributed by atoms with Crippen LogP contribution in [0.4, 0.5) is 0 Å². The van der Waals surface area contributed by atoms with Crippen LogP contribution >= 0.6 is 0 Å². The van der Waals surface area contributed by atoms with E-state index in [1.807, 2.05) is 39.0 Å². The van der Waals surface area contributed by atoms with Crippen molar-refractivity contribution in [1.29, 1.82) is 0 Å². The van der Waals surface area contributed by atoms with E-state index in [9.17, 15) is 5.11 Å². The van der Waals surface area contributed by atoms with Gasteiger partial charge in [0.15, 0.2) is 0 Å². The maximum absolute atomic E-state index is 9.31. The minimum absolute atomic E-state index is 0.00601. The lowest BCUT2D eigenvalue weighted by molar-refractivity contribution is 0.0904. The number of oxime groups is 1. The summed E-state index contributed by atoms with van der Waals surface area (Å²) in [5.41, 5.74) is 2.89. The summed E-state index contributed by atoms with van der Waals surface area (Å²) >= 11 is 0. The summed E-state index contributed by atoms with van der Waals surface area (Å²) in [6.45, 7) is 6.51. The third-order valence-electron chi connectivity index (χ3n) is 3.12. The lowest BCUT2D eigenvalue weighted by atomic mass is 9.90. The van der Waals surface area contributed by atoms with Crippen molar-refractivity contribution in [3.8, 4) is 5.75 Å². The summed E-state index contributed by atoms with van der Waals surface area (Å²) in [6.07, 6.45) is 0.0217. The fraction of sp³-hybridized carbons (Fsp3) is 0.500. The van der Waals surface area contributed by atoms with Crippen molar-refractivity contribution in [2.75, 3.05) is 6.61 Å². The molecule has 4 heteroatoms. The second-order valence-corrected chi connectivity index (χ2v) is 4.52. The van der Waals surface area contributed by atoms with Gasteiger partial charge in [-0.2, -0.15) is 0 Å². The topological polar surface area (TPSA) is 51.0 Å². The van der Waals surface area contributed by atoms with Gasteiger partial charge in [0.1, 0.15) is 11.9 Å². The molecular weight excluding hydrogens is 230 g/mol. The molecule has 0 spiro atoms. The number of nitrogens with zero attached hydrogens (tertiary/aromatic N) is 1. The lowest BCUT2D eigenvalue weighted by Gasteiger charge is -2.16. The first-order valence-corrected chi connectivity index (χ1v) is 6.23. The van der Waals surface area contributed by atoms with Gasteiger partial charge in [-0.05, 0) is 44.0 Å². The van der Waals surface area contributed by atoms with Gasteiger partial charge in [-0.3, -0.25) is 0 Å².